The third-order valence-electron chi connectivity index (χ3n) is 1.71. The summed E-state index contributed by atoms with van der Waals surface area (Å²) in [6.07, 6.45) is 1.19. The van der Waals surface area contributed by atoms with E-state index in [9.17, 15) is 4.39 Å². The van der Waals surface area contributed by atoms with E-state index < -0.39 is 0 Å². The maximum atomic E-state index is 12.6. The Morgan fingerprint density at radius 2 is 2.33 bits per heavy atom. The van der Waals surface area contributed by atoms with Crippen LogP contribution in [-0.4, -0.2) is 9.97 Å². The fourth-order valence-electron chi connectivity index (χ4n) is 1.15. The van der Waals surface area contributed by atoms with E-state index in [2.05, 4.69) is 9.97 Å². The lowest BCUT2D eigenvalue weighted by atomic mass is 10.3. The van der Waals surface area contributed by atoms with Gasteiger partial charge in [0.2, 0.25) is 0 Å². The number of H-pyrrole nitrogens is 1. The number of nitrogens with one attached hydrogen (secondary N) is 1. The Kier molecular flexibility index (Phi) is 1.55. The molecule has 0 spiro atoms. The molecule has 2 aromatic heterocycles. The minimum absolute atomic E-state index is 0.340. The molecule has 0 aliphatic carbocycles. The van der Waals surface area contributed by atoms with Crippen molar-refractivity contribution in [1.29, 1.82) is 0 Å². The Hall–Kier alpha value is -1.42. The number of hydrogen-bond acceptors (Lipinski definition) is 2. The standard InChI is InChI=1S/C8H8FN3/c9-5-1-8-7(11-4-5)2-6(3-10)12-8/h1-2,4,12H,3,10H2. The number of aromatic amines is 1. The van der Waals surface area contributed by atoms with Gasteiger partial charge in [-0.15, -0.1) is 0 Å². The molecule has 2 heterocycles. The molecule has 3 nitrogen and oxygen atoms in total. The van der Waals surface area contributed by atoms with Crippen molar-refractivity contribution in [2.24, 2.45) is 5.73 Å². The number of hydrogen-bond donors (Lipinski definition) is 2. The third kappa shape index (κ3) is 1.06. The molecule has 0 saturated carbocycles. The Morgan fingerprint density at radius 3 is 3.08 bits per heavy atom. The molecule has 0 radical (unpaired) electrons. The Labute approximate surface area is 68.4 Å². The first-order chi connectivity index (χ1) is 5.79. The molecular formula is C8H8FN3. The number of nitrogens with two attached hydrogens (primary N) is 1. The number of rotatable bonds is 1. The average molecular weight is 165 g/mol. The van der Waals surface area contributed by atoms with E-state index in [1.165, 1.54) is 12.3 Å². The van der Waals surface area contributed by atoms with Gasteiger partial charge < -0.3 is 10.7 Å². The van der Waals surface area contributed by atoms with Crippen LogP contribution in [0.25, 0.3) is 11.0 Å². The van der Waals surface area contributed by atoms with Crippen molar-refractivity contribution >= 4 is 11.0 Å². The fraction of sp³-hybridized carbons (Fsp3) is 0.125. The maximum absolute atomic E-state index is 12.6. The zero-order valence-corrected chi connectivity index (χ0v) is 6.34. The Balaban J connectivity index is 2.67. The fourth-order valence-corrected chi connectivity index (χ4v) is 1.15. The average Bonchev–Trinajstić information content (AvgIpc) is 2.46. The monoisotopic (exact) mass is 165 g/mol. The van der Waals surface area contributed by atoms with Crippen LogP contribution in [0.1, 0.15) is 5.69 Å². The molecule has 2 aromatic rings. The summed E-state index contributed by atoms with van der Waals surface area (Å²) < 4.78 is 12.6. The second-order valence-electron chi connectivity index (χ2n) is 2.59. The van der Waals surface area contributed by atoms with Gasteiger partial charge in [0.05, 0.1) is 17.2 Å². The van der Waals surface area contributed by atoms with Crippen molar-refractivity contribution < 1.29 is 4.39 Å². The SMILES string of the molecule is NCc1cc2ncc(F)cc2[nH]1. The highest BCUT2D eigenvalue weighted by Gasteiger charge is 2.00. The van der Waals surface area contributed by atoms with Crippen LogP contribution in [0.15, 0.2) is 18.3 Å². The predicted octanol–water partition coefficient (Wildman–Crippen LogP) is 1.16. The van der Waals surface area contributed by atoms with E-state index in [-0.39, 0.29) is 5.82 Å². The number of nitrogens with zero attached hydrogens (tertiary/aromatic N) is 1. The van der Waals surface area contributed by atoms with Crippen molar-refractivity contribution in [3.05, 3.63) is 29.8 Å². The summed E-state index contributed by atoms with van der Waals surface area (Å²) in [5.41, 5.74) is 7.70. The number of halogens is 1. The van der Waals surface area contributed by atoms with Crippen LogP contribution in [0.5, 0.6) is 0 Å². The van der Waals surface area contributed by atoms with Gasteiger partial charge in [-0.3, -0.25) is 4.98 Å². The van der Waals surface area contributed by atoms with Gasteiger partial charge >= 0.3 is 0 Å². The topological polar surface area (TPSA) is 54.7 Å². The molecule has 0 saturated heterocycles. The molecule has 0 aromatic carbocycles. The molecule has 0 unspecified atom stereocenters. The highest BCUT2D eigenvalue weighted by atomic mass is 19.1. The minimum Gasteiger partial charge on any atom is -0.356 e. The van der Waals surface area contributed by atoms with Gasteiger partial charge in [0.25, 0.3) is 0 Å². The van der Waals surface area contributed by atoms with Crippen molar-refractivity contribution in [2.75, 3.05) is 0 Å². The Morgan fingerprint density at radius 1 is 1.50 bits per heavy atom. The molecule has 0 aliphatic heterocycles. The van der Waals surface area contributed by atoms with Gasteiger partial charge in [0, 0.05) is 18.3 Å². The summed E-state index contributed by atoms with van der Waals surface area (Å²) in [5.74, 6) is -0.340. The quantitative estimate of drug-likeness (QED) is 0.666. The van der Waals surface area contributed by atoms with Crippen molar-refractivity contribution in [3.8, 4) is 0 Å². The van der Waals surface area contributed by atoms with Crippen LogP contribution < -0.4 is 5.73 Å². The van der Waals surface area contributed by atoms with E-state index in [0.717, 1.165) is 11.2 Å². The first-order valence-corrected chi connectivity index (χ1v) is 3.63. The molecule has 0 fully saturated rings. The highest BCUT2D eigenvalue weighted by Crippen LogP contribution is 2.12. The van der Waals surface area contributed by atoms with E-state index >= 15 is 0 Å². The molecule has 62 valence electrons. The zero-order valence-electron chi connectivity index (χ0n) is 6.34. The van der Waals surface area contributed by atoms with Gasteiger partial charge in [-0.1, -0.05) is 0 Å². The largest absolute Gasteiger partial charge is 0.356 e. The van der Waals surface area contributed by atoms with Crippen LogP contribution in [0.3, 0.4) is 0 Å². The Bertz CT molecular complexity index is 408. The first kappa shape index (κ1) is 7.24. The van der Waals surface area contributed by atoms with Gasteiger partial charge in [-0.2, -0.15) is 0 Å². The molecule has 2 rings (SSSR count). The second kappa shape index (κ2) is 2.57. The molecular weight excluding hydrogens is 157 g/mol. The smallest absolute Gasteiger partial charge is 0.143 e. The van der Waals surface area contributed by atoms with Crippen LogP contribution in [0.2, 0.25) is 0 Å². The summed E-state index contributed by atoms with van der Waals surface area (Å²) in [6.45, 7) is 0.415. The minimum atomic E-state index is -0.340. The molecule has 4 heteroatoms. The number of pyridine rings is 1. The number of aromatic nitrogens is 2. The van der Waals surface area contributed by atoms with Crippen LogP contribution >= 0.6 is 0 Å². The second-order valence-corrected chi connectivity index (χ2v) is 2.59. The van der Waals surface area contributed by atoms with Crippen molar-refractivity contribution in [1.82, 2.24) is 9.97 Å². The summed E-state index contributed by atoms with van der Waals surface area (Å²) in [5, 5.41) is 0. The maximum Gasteiger partial charge on any atom is 0.143 e. The zero-order chi connectivity index (χ0) is 8.55. The third-order valence-corrected chi connectivity index (χ3v) is 1.71. The molecule has 0 atom stereocenters. The van der Waals surface area contributed by atoms with Crippen LogP contribution in [0, 0.1) is 5.82 Å². The summed E-state index contributed by atoms with van der Waals surface area (Å²) in [4.78, 5) is 6.85. The highest BCUT2D eigenvalue weighted by molar-refractivity contribution is 5.75. The van der Waals surface area contributed by atoms with E-state index in [0.29, 0.717) is 12.1 Å². The van der Waals surface area contributed by atoms with E-state index in [1.807, 2.05) is 6.07 Å². The first-order valence-electron chi connectivity index (χ1n) is 3.63. The molecule has 0 amide bonds. The molecule has 12 heavy (non-hydrogen) atoms. The predicted molar refractivity (Wildman–Crippen MR) is 43.9 cm³/mol. The number of fused-ring (bicyclic) bond motifs is 1. The summed E-state index contributed by atoms with van der Waals surface area (Å²) in [7, 11) is 0. The van der Waals surface area contributed by atoms with Crippen molar-refractivity contribution in [3.63, 3.8) is 0 Å². The van der Waals surface area contributed by atoms with Crippen LogP contribution in [0.4, 0.5) is 4.39 Å². The molecule has 3 N–H and O–H groups in total. The van der Waals surface area contributed by atoms with Gasteiger partial charge in [-0.25, -0.2) is 4.39 Å². The van der Waals surface area contributed by atoms with Gasteiger partial charge in [0.15, 0.2) is 0 Å². The molecule has 0 aliphatic rings. The van der Waals surface area contributed by atoms with Crippen LogP contribution in [-0.2, 0) is 6.54 Å². The lowest BCUT2D eigenvalue weighted by molar-refractivity contribution is 0.624. The van der Waals surface area contributed by atoms with E-state index in [4.69, 9.17) is 5.73 Å². The lowest BCUT2D eigenvalue weighted by Crippen LogP contribution is -1.94. The van der Waals surface area contributed by atoms with Crippen molar-refractivity contribution in [2.45, 2.75) is 6.54 Å². The van der Waals surface area contributed by atoms with Gasteiger partial charge in [-0.05, 0) is 6.07 Å². The normalized spacial score (nSPS) is 10.8. The summed E-state index contributed by atoms with van der Waals surface area (Å²) in [6, 6.07) is 3.22. The van der Waals surface area contributed by atoms with Gasteiger partial charge in [0.1, 0.15) is 5.82 Å². The lowest BCUT2D eigenvalue weighted by Gasteiger charge is -1.87. The van der Waals surface area contributed by atoms with E-state index in [1.54, 1.807) is 0 Å². The molecule has 0 bridgehead atoms. The summed E-state index contributed by atoms with van der Waals surface area (Å²) >= 11 is 0.